The molecule has 0 bridgehead atoms. The average Bonchev–Trinajstić information content (AvgIpc) is 2.89. The maximum Gasteiger partial charge on any atom is 0.331 e. The maximum absolute atomic E-state index is 11.0. The Morgan fingerprint density at radius 2 is 1.85 bits per heavy atom. The fourth-order valence-corrected chi connectivity index (χ4v) is 1.94. The molecule has 5 heteroatoms. The van der Waals surface area contributed by atoms with Crippen molar-refractivity contribution in [3.63, 3.8) is 0 Å². The van der Waals surface area contributed by atoms with E-state index in [4.69, 9.17) is 18.9 Å². The topological polar surface area (TPSA) is 54.0 Å². The van der Waals surface area contributed by atoms with Gasteiger partial charge in [-0.25, -0.2) is 4.79 Å². The van der Waals surface area contributed by atoms with E-state index < -0.39 is 0 Å². The van der Waals surface area contributed by atoms with Gasteiger partial charge in [0.15, 0.2) is 11.5 Å². The number of rotatable bonds is 5. The molecule has 0 aromatic heterocycles. The average molecular weight is 276 g/mol. The number of hydrogen-bond donors (Lipinski definition) is 0. The highest BCUT2D eigenvalue weighted by atomic mass is 16.5. The van der Waals surface area contributed by atoms with Gasteiger partial charge < -0.3 is 18.9 Å². The van der Waals surface area contributed by atoms with E-state index in [-0.39, 0.29) is 12.1 Å². The molecule has 1 aromatic rings. The SMILES string of the molecule is COc1ccc(/C=C/C2C=CC(=O)O2)c(OC)c1OC. The van der Waals surface area contributed by atoms with E-state index in [2.05, 4.69) is 0 Å². The van der Waals surface area contributed by atoms with Crippen LogP contribution < -0.4 is 14.2 Å². The number of hydrogen-bond acceptors (Lipinski definition) is 5. The lowest BCUT2D eigenvalue weighted by Crippen LogP contribution is -2.03. The van der Waals surface area contributed by atoms with Gasteiger partial charge in [0.1, 0.15) is 6.10 Å². The van der Waals surface area contributed by atoms with Gasteiger partial charge in [0.25, 0.3) is 0 Å². The first-order valence-electron chi connectivity index (χ1n) is 6.05. The minimum absolute atomic E-state index is 0.334. The van der Waals surface area contributed by atoms with Gasteiger partial charge in [-0.15, -0.1) is 0 Å². The summed E-state index contributed by atoms with van der Waals surface area (Å²) in [4.78, 5) is 11.0. The van der Waals surface area contributed by atoms with Crippen molar-refractivity contribution >= 4 is 12.0 Å². The van der Waals surface area contributed by atoms with Crippen molar-refractivity contribution in [3.8, 4) is 17.2 Å². The van der Waals surface area contributed by atoms with Crippen molar-refractivity contribution in [2.24, 2.45) is 0 Å². The van der Waals surface area contributed by atoms with E-state index in [9.17, 15) is 4.79 Å². The Bertz CT molecular complexity index is 560. The lowest BCUT2D eigenvalue weighted by molar-refractivity contribution is -0.137. The number of methoxy groups -OCH3 is 3. The van der Waals surface area contributed by atoms with Gasteiger partial charge in [-0.2, -0.15) is 0 Å². The highest BCUT2D eigenvalue weighted by Gasteiger charge is 2.16. The van der Waals surface area contributed by atoms with Crippen molar-refractivity contribution in [2.45, 2.75) is 6.10 Å². The fourth-order valence-electron chi connectivity index (χ4n) is 1.94. The second kappa shape index (κ2) is 6.14. The third-order valence-electron chi connectivity index (χ3n) is 2.87. The van der Waals surface area contributed by atoms with E-state index in [1.165, 1.54) is 6.08 Å². The standard InChI is InChI=1S/C15H16O5/c1-17-12-8-5-10(14(18-2)15(12)19-3)4-6-11-7-9-13(16)20-11/h4-9,11H,1-3H3/b6-4+. The molecule has 1 unspecified atom stereocenters. The van der Waals surface area contributed by atoms with E-state index in [0.717, 1.165) is 5.56 Å². The van der Waals surface area contributed by atoms with Crippen LogP contribution in [0.15, 0.2) is 30.4 Å². The molecule has 0 N–H and O–H groups in total. The molecular formula is C15H16O5. The third-order valence-corrected chi connectivity index (χ3v) is 2.87. The van der Waals surface area contributed by atoms with Gasteiger partial charge in [-0.3, -0.25) is 0 Å². The lowest BCUT2D eigenvalue weighted by atomic mass is 10.1. The van der Waals surface area contributed by atoms with Gasteiger partial charge >= 0.3 is 5.97 Å². The minimum atomic E-state index is -0.347. The summed E-state index contributed by atoms with van der Waals surface area (Å²) in [6, 6.07) is 3.63. The second-order valence-corrected chi connectivity index (χ2v) is 4.04. The van der Waals surface area contributed by atoms with E-state index >= 15 is 0 Å². The number of carbonyl (C=O) groups excluding carboxylic acids is 1. The maximum atomic E-state index is 11.0. The Morgan fingerprint density at radius 3 is 2.40 bits per heavy atom. The molecular weight excluding hydrogens is 260 g/mol. The van der Waals surface area contributed by atoms with Crippen molar-refractivity contribution in [1.29, 1.82) is 0 Å². The number of benzene rings is 1. The Hall–Kier alpha value is -2.43. The predicted octanol–water partition coefficient (Wildman–Crippen LogP) is 2.21. The normalized spacial score (nSPS) is 17.4. The van der Waals surface area contributed by atoms with Crippen LogP contribution in [0.3, 0.4) is 0 Å². The second-order valence-electron chi connectivity index (χ2n) is 4.04. The summed E-state index contributed by atoms with van der Waals surface area (Å²) in [7, 11) is 4.68. The van der Waals surface area contributed by atoms with Crippen molar-refractivity contribution in [1.82, 2.24) is 0 Å². The van der Waals surface area contributed by atoms with Crippen LogP contribution in [-0.2, 0) is 9.53 Å². The Labute approximate surface area is 117 Å². The van der Waals surface area contributed by atoms with Crippen molar-refractivity contribution in [2.75, 3.05) is 21.3 Å². The molecule has 1 aromatic carbocycles. The number of esters is 1. The lowest BCUT2D eigenvalue weighted by Gasteiger charge is -2.14. The van der Waals surface area contributed by atoms with Gasteiger partial charge in [0, 0.05) is 11.6 Å². The fraction of sp³-hybridized carbons (Fsp3) is 0.267. The Kier molecular flexibility index (Phi) is 4.30. The summed E-state index contributed by atoms with van der Waals surface area (Å²) in [5.41, 5.74) is 0.807. The van der Waals surface area contributed by atoms with Crippen molar-refractivity contribution in [3.05, 3.63) is 35.9 Å². The Balaban J connectivity index is 2.30. The summed E-state index contributed by atoms with van der Waals surface area (Å²) < 4.78 is 20.9. The van der Waals surface area contributed by atoms with Crippen LogP contribution in [0.1, 0.15) is 5.56 Å². The summed E-state index contributed by atoms with van der Waals surface area (Å²) in [5.74, 6) is 1.35. The first kappa shape index (κ1) is 14.0. The van der Waals surface area contributed by atoms with Crippen LogP contribution >= 0.6 is 0 Å². The van der Waals surface area contributed by atoms with Gasteiger partial charge in [-0.05, 0) is 24.3 Å². The monoisotopic (exact) mass is 276 g/mol. The molecule has 1 atom stereocenters. The van der Waals surface area contributed by atoms with Crippen LogP contribution in [-0.4, -0.2) is 33.4 Å². The molecule has 0 fully saturated rings. The van der Waals surface area contributed by atoms with Gasteiger partial charge in [0.2, 0.25) is 5.75 Å². The van der Waals surface area contributed by atoms with Crippen LogP contribution in [0.5, 0.6) is 17.2 Å². The molecule has 1 heterocycles. The molecule has 0 amide bonds. The molecule has 2 rings (SSSR count). The number of ether oxygens (including phenoxy) is 4. The molecule has 106 valence electrons. The molecule has 1 aliphatic rings. The van der Waals surface area contributed by atoms with Crippen LogP contribution in [0, 0.1) is 0 Å². The zero-order valence-electron chi connectivity index (χ0n) is 11.6. The summed E-state index contributed by atoms with van der Waals surface area (Å²) >= 11 is 0. The smallest absolute Gasteiger partial charge is 0.331 e. The first-order chi connectivity index (χ1) is 9.69. The third kappa shape index (κ3) is 2.77. The molecule has 0 radical (unpaired) electrons. The van der Waals surface area contributed by atoms with Crippen molar-refractivity contribution < 1.29 is 23.7 Å². The van der Waals surface area contributed by atoms with Crippen LogP contribution in [0.25, 0.3) is 6.08 Å². The highest BCUT2D eigenvalue weighted by Crippen LogP contribution is 2.40. The highest BCUT2D eigenvalue weighted by molar-refractivity contribution is 5.85. The van der Waals surface area contributed by atoms with Crippen LogP contribution in [0.4, 0.5) is 0 Å². The number of cyclic esters (lactones) is 1. The molecule has 0 spiro atoms. The van der Waals surface area contributed by atoms with Gasteiger partial charge in [-0.1, -0.05) is 6.08 Å². The quantitative estimate of drug-likeness (QED) is 0.772. The van der Waals surface area contributed by atoms with Gasteiger partial charge in [0.05, 0.1) is 21.3 Å². The number of carbonyl (C=O) groups is 1. The molecule has 1 aliphatic heterocycles. The predicted molar refractivity (Wildman–Crippen MR) is 74.2 cm³/mol. The Morgan fingerprint density at radius 1 is 1.10 bits per heavy atom. The van der Waals surface area contributed by atoms with Crippen LogP contribution in [0.2, 0.25) is 0 Å². The summed E-state index contributed by atoms with van der Waals surface area (Å²) in [5, 5.41) is 0. The zero-order valence-corrected chi connectivity index (χ0v) is 11.6. The molecule has 0 aliphatic carbocycles. The van der Waals surface area contributed by atoms with E-state index in [1.54, 1.807) is 39.5 Å². The largest absolute Gasteiger partial charge is 0.493 e. The molecule has 5 nitrogen and oxygen atoms in total. The summed E-state index contributed by atoms with van der Waals surface area (Å²) in [6.07, 6.45) is 6.33. The minimum Gasteiger partial charge on any atom is -0.493 e. The van der Waals surface area contributed by atoms with E-state index in [1.807, 2.05) is 12.1 Å². The molecule has 20 heavy (non-hydrogen) atoms. The molecule has 0 saturated carbocycles. The summed E-state index contributed by atoms with van der Waals surface area (Å²) in [6.45, 7) is 0. The molecule has 0 saturated heterocycles. The van der Waals surface area contributed by atoms with E-state index in [0.29, 0.717) is 17.2 Å². The zero-order chi connectivity index (χ0) is 14.5. The first-order valence-corrected chi connectivity index (χ1v) is 6.05.